The van der Waals surface area contributed by atoms with E-state index in [9.17, 15) is 9.90 Å². The first-order valence-electron chi connectivity index (χ1n) is 7.70. The number of fused-ring (bicyclic) bond motifs is 1. The first-order chi connectivity index (χ1) is 9.87. The maximum atomic E-state index is 12.5. The summed E-state index contributed by atoms with van der Waals surface area (Å²) in [6.45, 7) is 8.25. The van der Waals surface area contributed by atoms with E-state index < -0.39 is 12.2 Å². The highest BCUT2D eigenvalue weighted by molar-refractivity contribution is 6.00. The van der Waals surface area contributed by atoms with Crippen molar-refractivity contribution in [1.82, 2.24) is 0 Å². The Morgan fingerprint density at radius 3 is 2.86 bits per heavy atom. The number of rotatable bonds is 2. The van der Waals surface area contributed by atoms with Gasteiger partial charge < -0.3 is 14.6 Å². The van der Waals surface area contributed by atoms with E-state index >= 15 is 0 Å². The molecule has 1 aliphatic heterocycles. The van der Waals surface area contributed by atoms with E-state index in [2.05, 4.69) is 20.4 Å². The van der Waals surface area contributed by atoms with Gasteiger partial charge in [-0.05, 0) is 39.0 Å². The molecule has 3 rings (SSSR count). The highest BCUT2D eigenvalue weighted by atomic mass is 16.5. The number of Topliss-reactive ketones (excluding diaryl/α,β-unsaturated/α-hetero) is 1. The van der Waals surface area contributed by atoms with Crippen LogP contribution >= 0.6 is 0 Å². The van der Waals surface area contributed by atoms with E-state index in [4.69, 9.17) is 9.47 Å². The Balaban J connectivity index is 1.97. The van der Waals surface area contributed by atoms with E-state index in [0.29, 0.717) is 30.1 Å². The SMILES string of the molecule is C=C(C)[C@@H]1CC[C@@]2(C)OC3=C(C[C@@H]12)C(=O)C(OC)CC3O. The summed E-state index contributed by atoms with van der Waals surface area (Å²) in [7, 11) is 1.51. The van der Waals surface area contributed by atoms with Gasteiger partial charge in [0, 0.05) is 25.0 Å². The summed E-state index contributed by atoms with van der Waals surface area (Å²) in [5, 5.41) is 10.3. The molecule has 21 heavy (non-hydrogen) atoms. The largest absolute Gasteiger partial charge is 0.488 e. The molecule has 1 saturated carbocycles. The lowest BCUT2D eigenvalue weighted by Crippen LogP contribution is -2.47. The van der Waals surface area contributed by atoms with Gasteiger partial charge in [-0.2, -0.15) is 0 Å². The molecule has 0 radical (unpaired) electrons. The zero-order valence-electron chi connectivity index (χ0n) is 13.0. The number of aliphatic hydroxyl groups excluding tert-OH is 1. The van der Waals surface area contributed by atoms with Crippen molar-refractivity contribution in [2.24, 2.45) is 11.8 Å². The van der Waals surface area contributed by atoms with Gasteiger partial charge in [-0.15, -0.1) is 0 Å². The fraction of sp³-hybridized carbons (Fsp3) is 0.706. The summed E-state index contributed by atoms with van der Waals surface area (Å²) in [6.07, 6.45) is 1.66. The Hall–Kier alpha value is -1.13. The minimum absolute atomic E-state index is 0.0211. The number of ketones is 1. The number of allylic oxidation sites excluding steroid dienone is 1. The lowest BCUT2D eigenvalue weighted by molar-refractivity contribution is -0.135. The second-order valence-corrected chi connectivity index (χ2v) is 6.90. The number of hydrogen-bond donors (Lipinski definition) is 1. The van der Waals surface area contributed by atoms with Crippen LogP contribution in [0, 0.1) is 11.8 Å². The minimum Gasteiger partial charge on any atom is -0.488 e. The van der Waals surface area contributed by atoms with Crippen LogP contribution in [0.5, 0.6) is 0 Å². The lowest BCUT2D eigenvalue weighted by atomic mass is 9.74. The number of hydrogen-bond acceptors (Lipinski definition) is 4. The fourth-order valence-electron chi connectivity index (χ4n) is 4.27. The predicted octanol–water partition coefficient (Wildman–Crippen LogP) is 2.37. The number of carbonyl (C=O) groups excluding carboxylic acids is 1. The van der Waals surface area contributed by atoms with Crippen LogP contribution in [0.1, 0.15) is 39.5 Å². The van der Waals surface area contributed by atoms with Gasteiger partial charge in [-0.25, -0.2) is 0 Å². The Labute approximate surface area is 125 Å². The highest BCUT2D eigenvalue weighted by Gasteiger charge is 2.53. The lowest BCUT2D eigenvalue weighted by Gasteiger charge is -2.44. The van der Waals surface area contributed by atoms with Gasteiger partial charge in [0.15, 0.2) is 5.78 Å². The van der Waals surface area contributed by atoms with Gasteiger partial charge in [0.05, 0.1) is 0 Å². The number of aliphatic hydroxyl groups is 1. The van der Waals surface area contributed by atoms with E-state index in [1.54, 1.807) is 0 Å². The molecule has 5 atom stereocenters. The van der Waals surface area contributed by atoms with Crippen LogP contribution in [0.4, 0.5) is 0 Å². The average Bonchev–Trinajstić information content (AvgIpc) is 2.77. The summed E-state index contributed by atoms with van der Waals surface area (Å²) < 4.78 is 11.4. The molecule has 2 unspecified atom stereocenters. The summed E-state index contributed by atoms with van der Waals surface area (Å²) >= 11 is 0. The Morgan fingerprint density at radius 1 is 1.52 bits per heavy atom. The first kappa shape index (κ1) is 14.8. The highest BCUT2D eigenvalue weighted by Crippen LogP contribution is 2.53. The summed E-state index contributed by atoms with van der Waals surface area (Å²) in [4.78, 5) is 12.5. The van der Waals surface area contributed by atoms with Crippen molar-refractivity contribution in [3.05, 3.63) is 23.5 Å². The average molecular weight is 292 g/mol. The van der Waals surface area contributed by atoms with Gasteiger partial charge in [0.1, 0.15) is 23.6 Å². The van der Waals surface area contributed by atoms with Crippen LogP contribution in [-0.2, 0) is 14.3 Å². The third-order valence-corrected chi connectivity index (χ3v) is 5.53. The van der Waals surface area contributed by atoms with Crippen molar-refractivity contribution in [3.8, 4) is 0 Å². The normalized spacial score (nSPS) is 42.4. The smallest absolute Gasteiger partial charge is 0.191 e. The van der Waals surface area contributed by atoms with Crippen LogP contribution in [-0.4, -0.2) is 35.8 Å². The third-order valence-electron chi connectivity index (χ3n) is 5.53. The van der Waals surface area contributed by atoms with Gasteiger partial charge in [0.2, 0.25) is 0 Å². The second kappa shape index (κ2) is 4.96. The van der Waals surface area contributed by atoms with Crippen molar-refractivity contribution < 1.29 is 19.4 Å². The fourth-order valence-corrected chi connectivity index (χ4v) is 4.27. The van der Waals surface area contributed by atoms with Crippen molar-refractivity contribution in [3.63, 3.8) is 0 Å². The molecule has 116 valence electrons. The van der Waals surface area contributed by atoms with Crippen LogP contribution in [0.25, 0.3) is 0 Å². The second-order valence-electron chi connectivity index (χ2n) is 6.90. The van der Waals surface area contributed by atoms with Gasteiger partial charge in [0.25, 0.3) is 0 Å². The van der Waals surface area contributed by atoms with Crippen molar-refractivity contribution in [2.75, 3.05) is 7.11 Å². The van der Waals surface area contributed by atoms with Crippen molar-refractivity contribution >= 4 is 5.78 Å². The number of ether oxygens (including phenoxy) is 2. The quantitative estimate of drug-likeness (QED) is 0.794. The summed E-state index contributed by atoms with van der Waals surface area (Å²) in [5.74, 6) is 1.12. The standard InChI is InChI=1S/C17H24O4/c1-9(2)10-5-6-17(3)12(10)7-11-15(19)14(20-4)8-13(18)16(11)21-17/h10,12-14,18H,1,5-8H2,2-4H3/t10-,12-,13?,14?,17+/m0/s1. The molecule has 4 nitrogen and oxygen atoms in total. The van der Waals surface area contributed by atoms with Crippen molar-refractivity contribution in [2.45, 2.75) is 57.3 Å². The monoisotopic (exact) mass is 292 g/mol. The molecule has 0 aromatic heterocycles. The molecule has 0 amide bonds. The minimum atomic E-state index is -0.732. The predicted molar refractivity (Wildman–Crippen MR) is 78.6 cm³/mol. The molecule has 3 aliphatic rings. The van der Waals surface area contributed by atoms with Crippen LogP contribution in [0.3, 0.4) is 0 Å². The Bertz CT molecular complexity index is 521. The zero-order valence-corrected chi connectivity index (χ0v) is 13.0. The maximum Gasteiger partial charge on any atom is 0.191 e. The molecule has 0 aromatic rings. The molecule has 1 heterocycles. The zero-order chi connectivity index (χ0) is 15.4. The summed E-state index contributed by atoms with van der Waals surface area (Å²) in [6, 6.07) is 0. The maximum absolute atomic E-state index is 12.5. The van der Waals surface area contributed by atoms with Crippen LogP contribution < -0.4 is 0 Å². The molecule has 0 aromatic carbocycles. The Kier molecular flexibility index (Phi) is 3.49. The van der Waals surface area contributed by atoms with Crippen LogP contribution in [0.15, 0.2) is 23.5 Å². The Morgan fingerprint density at radius 2 is 2.24 bits per heavy atom. The van der Waals surface area contributed by atoms with E-state index in [-0.39, 0.29) is 17.3 Å². The van der Waals surface area contributed by atoms with Gasteiger partial charge in [-0.1, -0.05) is 12.2 Å². The molecule has 1 fully saturated rings. The topological polar surface area (TPSA) is 55.8 Å². The van der Waals surface area contributed by atoms with Gasteiger partial charge >= 0.3 is 0 Å². The van der Waals surface area contributed by atoms with E-state index in [1.165, 1.54) is 7.11 Å². The molecular formula is C17H24O4. The molecule has 0 spiro atoms. The van der Waals surface area contributed by atoms with Crippen LogP contribution in [0.2, 0.25) is 0 Å². The molecule has 2 aliphatic carbocycles. The first-order valence-corrected chi connectivity index (χ1v) is 7.70. The van der Waals surface area contributed by atoms with Crippen molar-refractivity contribution in [1.29, 1.82) is 0 Å². The number of carbonyl (C=O) groups is 1. The number of methoxy groups -OCH3 is 1. The molecule has 0 saturated heterocycles. The van der Waals surface area contributed by atoms with Gasteiger partial charge in [-0.3, -0.25) is 4.79 Å². The summed E-state index contributed by atoms with van der Waals surface area (Å²) in [5.41, 5.74) is 1.50. The third kappa shape index (κ3) is 2.16. The molecular weight excluding hydrogens is 268 g/mol. The molecule has 0 bridgehead atoms. The molecule has 4 heteroatoms. The molecule has 1 N–H and O–H groups in total. The van der Waals surface area contributed by atoms with E-state index in [1.807, 2.05) is 0 Å². The van der Waals surface area contributed by atoms with E-state index in [0.717, 1.165) is 18.4 Å².